The highest BCUT2D eigenvalue weighted by Gasteiger charge is 2.11. The van der Waals surface area contributed by atoms with E-state index in [1.165, 1.54) is 0 Å². The zero-order valence-corrected chi connectivity index (χ0v) is 20.4. The monoisotopic (exact) mass is 544 g/mol. The Labute approximate surface area is 201 Å². The molecule has 1 aliphatic rings. The summed E-state index contributed by atoms with van der Waals surface area (Å²) in [5.74, 6) is 1.63. The molecular weight excluding hydrogens is 515 g/mol. The largest absolute Gasteiger partial charge is 0.492 e. The van der Waals surface area contributed by atoms with Gasteiger partial charge in [-0.1, -0.05) is 41.9 Å². The minimum Gasteiger partial charge on any atom is -0.492 e. The van der Waals surface area contributed by atoms with Gasteiger partial charge in [0.25, 0.3) is 0 Å². The Kier molecular flexibility index (Phi) is 11.3. The Balaban J connectivity index is 0.00000320. The number of morpholine rings is 1. The van der Waals surface area contributed by atoms with Crippen LogP contribution in [0.5, 0.6) is 5.75 Å². The van der Waals surface area contributed by atoms with Crippen LogP contribution in [0.2, 0.25) is 5.02 Å². The van der Waals surface area contributed by atoms with Gasteiger partial charge < -0.3 is 20.1 Å². The van der Waals surface area contributed by atoms with Crippen LogP contribution in [-0.2, 0) is 17.8 Å². The molecule has 1 fully saturated rings. The summed E-state index contributed by atoms with van der Waals surface area (Å²) in [5, 5.41) is 7.39. The fraction of sp³-hybridized carbons (Fsp3) is 0.409. The number of nitrogens with zero attached hydrogens (tertiary/aromatic N) is 2. The van der Waals surface area contributed by atoms with E-state index in [9.17, 15) is 0 Å². The first-order chi connectivity index (χ1) is 14.2. The summed E-state index contributed by atoms with van der Waals surface area (Å²) in [4.78, 5) is 6.66. The second-order valence-electron chi connectivity index (χ2n) is 6.82. The normalized spacial score (nSPS) is 14.7. The van der Waals surface area contributed by atoms with E-state index >= 15 is 0 Å². The van der Waals surface area contributed by atoms with Crippen molar-refractivity contribution in [2.24, 2.45) is 4.99 Å². The van der Waals surface area contributed by atoms with Crippen LogP contribution < -0.4 is 15.4 Å². The number of halogens is 2. The van der Waals surface area contributed by atoms with Crippen LogP contribution in [0.4, 0.5) is 0 Å². The van der Waals surface area contributed by atoms with Gasteiger partial charge in [0.2, 0.25) is 0 Å². The molecule has 2 aromatic carbocycles. The molecule has 0 spiro atoms. The average Bonchev–Trinajstić information content (AvgIpc) is 2.75. The van der Waals surface area contributed by atoms with Crippen LogP contribution in [0.3, 0.4) is 0 Å². The second-order valence-corrected chi connectivity index (χ2v) is 7.26. The molecule has 2 aromatic rings. The zero-order valence-electron chi connectivity index (χ0n) is 17.3. The van der Waals surface area contributed by atoms with Crippen LogP contribution in [0.15, 0.2) is 53.5 Å². The minimum atomic E-state index is 0. The number of para-hydroxylation sites is 1. The highest BCUT2D eigenvalue weighted by atomic mass is 127. The Morgan fingerprint density at radius 3 is 2.63 bits per heavy atom. The van der Waals surface area contributed by atoms with Crippen LogP contribution in [0, 0.1) is 0 Å². The molecule has 164 valence electrons. The van der Waals surface area contributed by atoms with E-state index in [0.717, 1.165) is 60.7 Å². The van der Waals surface area contributed by atoms with Crippen molar-refractivity contribution in [1.29, 1.82) is 0 Å². The molecule has 2 N–H and O–H groups in total. The fourth-order valence-corrected chi connectivity index (χ4v) is 3.35. The lowest BCUT2D eigenvalue weighted by molar-refractivity contribution is 0.0322. The van der Waals surface area contributed by atoms with E-state index in [1.54, 1.807) is 7.05 Å². The predicted molar refractivity (Wildman–Crippen MR) is 133 cm³/mol. The number of hydrogen-bond acceptors (Lipinski definition) is 4. The van der Waals surface area contributed by atoms with E-state index < -0.39 is 0 Å². The van der Waals surface area contributed by atoms with E-state index in [4.69, 9.17) is 21.1 Å². The standard InChI is InChI=1S/C22H29ClN4O2.HI/c1-24-22(25-16-18-5-4-7-20(23)15-18)26-17-19-6-2-3-8-21(19)29-14-11-27-9-12-28-13-10-27;/h2-8,15H,9-14,16-17H2,1H3,(H2,24,25,26);1H. The zero-order chi connectivity index (χ0) is 20.3. The molecule has 30 heavy (non-hydrogen) atoms. The van der Waals surface area contributed by atoms with Crippen molar-refractivity contribution in [3.05, 3.63) is 64.7 Å². The first-order valence-electron chi connectivity index (χ1n) is 9.94. The number of rotatable bonds is 8. The lowest BCUT2D eigenvalue weighted by Gasteiger charge is -2.26. The highest BCUT2D eigenvalue weighted by molar-refractivity contribution is 14.0. The maximum Gasteiger partial charge on any atom is 0.191 e. The molecule has 0 saturated carbocycles. The lowest BCUT2D eigenvalue weighted by Crippen LogP contribution is -2.38. The molecule has 1 heterocycles. The molecule has 6 nitrogen and oxygen atoms in total. The molecule has 0 aromatic heterocycles. The third kappa shape index (κ3) is 8.29. The van der Waals surface area contributed by atoms with Gasteiger partial charge in [-0.25, -0.2) is 0 Å². The molecule has 0 aliphatic carbocycles. The predicted octanol–water partition coefficient (Wildman–Crippen LogP) is 3.53. The topological polar surface area (TPSA) is 58.1 Å². The maximum absolute atomic E-state index is 6.05. The summed E-state index contributed by atoms with van der Waals surface area (Å²) in [5.41, 5.74) is 2.20. The number of guanidine groups is 1. The number of hydrogen-bond donors (Lipinski definition) is 2. The third-order valence-corrected chi connectivity index (χ3v) is 5.00. The summed E-state index contributed by atoms with van der Waals surface area (Å²) in [6, 6.07) is 15.9. The fourth-order valence-electron chi connectivity index (χ4n) is 3.13. The molecule has 0 unspecified atom stereocenters. The summed E-state index contributed by atoms with van der Waals surface area (Å²) in [6.07, 6.45) is 0. The van der Waals surface area contributed by atoms with Gasteiger partial charge in [-0.15, -0.1) is 24.0 Å². The quantitative estimate of drug-likeness (QED) is 0.303. The molecule has 1 saturated heterocycles. The molecule has 0 atom stereocenters. The van der Waals surface area contributed by atoms with Crippen molar-refractivity contribution in [2.75, 3.05) is 46.5 Å². The van der Waals surface area contributed by atoms with Gasteiger partial charge >= 0.3 is 0 Å². The van der Waals surface area contributed by atoms with Gasteiger partial charge in [0.1, 0.15) is 12.4 Å². The highest BCUT2D eigenvalue weighted by Crippen LogP contribution is 2.18. The first-order valence-corrected chi connectivity index (χ1v) is 10.3. The van der Waals surface area contributed by atoms with Crippen LogP contribution in [0.1, 0.15) is 11.1 Å². The molecule has 1 aliphatic heterocycles. The number of aliphatic imine (C=N–C) groups is 1. The maximum atomic E-state index is 6.05. The molecular formula is C22H30ClIN4O2. The molecule has 3 rings (SSSR count). The van der Waals surface area contributed by atoms with Gasteiger partial charge in [0, 0.05) is 50.4 Å². The van der Waals surface area contributed by atoms with Gasteiger partial charge in [0.15, 0.2) is 5.96 Å². The molecule has 8 heteroatoms. The summed E-state index contributed by atoms with van der Waals surface area (Å²) < 4.78 is 11.4. The van der Waals surface area contributed by atoms with Gasteiger partial charge in [-0.05, 0) is 23.8 Å². The van der Waals surface area contributed by atoms with Crippen molar-refractivity contribution in [1.82, 2.24) is 15.5 Å². The van der Waals surface area contributed by atoms with Gasteiger partial charge in [-0.2, -0.15) is 0 Å². The lowest BCUT2D eigenvalue weighted by atomic mass is 10.2. The minimum absolute atomic E-state index is 0. The van der Waals surface area contributed by atoms with Gasteiger partial charge in [-0.3, -0.25) is 9.89 Å². The van der Waals surface area contributed by atoms with Crippen LogP contribution in [-0.4, -0.2) is 57.4 Å². The summed E-state index contributed by atoms with van der Waals surface area (Å²) in [6.45, 7) is 6.42. The molecule has 0 amide bonds. The molecule has 0 radical (unpaired) electrons. The number of nitrogens with one attached hydrogen (secondary N) is 2. The van der Waals surface area contributed by atoms with Crippen molar-refractivity contribution in [3.8, 4) is 5.75 Å². The van der Waals surface area contributed by atoms with Crippen molar-refractivity contribution >= 4 is 41.5 Å². The first kappa shape index (κ1) is 24.7. The second kappa shape index (κ2) is 13.7. The van der Waals surface area contributed by atoms with Crippen LogP contribution >= 0.6 is 35.6 Å². The molecule has 0 bridgehead atoms. The van der Waals surface area contributed by atoms with E-state index in [1.807, 2.05) is 42.5 Å². The summed E-state index contributed by atoms with van der Waals surface area (Å²) >= 11 is 6.05. The van der Waals surface area contributed by atoms with Crippen LogP contribution in [0.25, 0.3) is 0 Å². The smallest absolute Gasteiger partial charge is 0.191 e. The van der Waals surface area contributed by atoms with Crippen molar-refractivity contribution in [3.63, 3.8) is 0 Å². The average molecular weight is 545 g/mol. The van der Waals surface area contributed by atoms with Gasteiger partial charge in [0.05, 0.1) is 13.2 Å². The number of ether oxygens (including phenoxy) is 2. The van der Waals surface area contributed by atoms with Crippen molar-refractivity contribution in [2.45, 2.75) is 13.1 Å². The Morgan fingerprint density at radius 1 is 1.10 bits per heavy atom. The Morgan fingerprint density at radius 2 is 1.87 bits per heavy atom. The Bertz CT molecular complexity index is 800. The van der Waals surface area contributed by atoms with E-state index in [2.05, 4.69) is 26.6 Å². The van der Waals surface area contributed by atoms with E-state index in [-0.39, 0.29) is 24.0 Å². The summed E-state index contributed by atoms with van der Waals surface area (Å²) in [7, 11) is 1.76. The SMILES string of the molecule is CN=C(NCc1cccc(Cl)c1)NCc1ccccc1OCCN1CCOCC1.I. The van der Waals surface area contributed by atoms with E-state index in [0.29, 0.717) is 19.7 Å². The Hall–Kier alpha value is -1.55. The third-order valence-electron chi connectivity index (χ3n) is 4.76. The van der Waals surface area contributed by atoms with Crippen molar-refractivity contribution < 1.29 is 9.47 Å². The number of benzene rings is 2.